The minimum absolute atomic E-state index is 0.0685. The van der Waals surface area contributed by atoms with E-state index in [1.54, 1.807) is 0 Å². The molecule has 0 atom stereocenters. The molecule has 1 aliphatic heterocycles. The smallest absolute Gasteiger partial charge is 0.238 e. The molecule has 1 aromatic carbocycles. The summed E-state index contributed by atoms with van der Waals surface area (Å²) in [7, 11) is -3.13. The molecule has 6 nitrogen and oxygen atoms in total. The van der Waals surface area contributed by atoms with Gasteiger partial charge in [-0.25, -0.2) is 8.42 Å². The topological polar surface area (TPSA) is 69.7 Å². The van der Waals surface area contributed by atoms with Gasteiger partial charge >= 0.3 is 0 Å². The number of aryl methyl sites for hydroxylation is 1. The standard InChI is InChI=1S/C15H23N3O3S/c1-3-13-5-4-6-14(11-13)16-15(19)12-17-7-9-18(10-8-17)22(2,20)21/h4-6,11H,3,7-10,12H2,1-2H3,(H,16,19). The van der Waals surface area contributed by atoms with Crippen molar-refractivity contribution in [2.24, 2.45) is 0 Å². The summed E-state index contributed by atoms with van der Waals surface area (Å²) in [5, 5.41) is 2.89. The Balaban J connectivity index is 1.83. The van der Waals surface area contributed by atoms with Gasteiger partial charge in [-0.05, 0) is 24.1 Å². The number of nitrogens with zero attached hydrogens (tertiary/aromatic N) is 2. The molecule has 1 heterocycles. The van der Waals surface area contributed by atoms with E-state index in [0.717, 1.165) is 12.1 Å². The van der Waals surface area contributed by atoms with E-state index in [9.17, 15) is 13.2 Å². The van der Waals surface area contributed by atoms with Crippen molar-refractivity contribution in [2.75, 3.05) is 44.3 Å². The summed E-state index contributed by atoms with van der Waals surface area (Å²) < 4.78 is 24.3. The fourth-order valence-electron chi connectivity index (χ4n) is 2.49. The molecule has 0 aliphatic carbocycles. The summed E-state index contributed by atoms with van der Waals surface area (Å²) in [6.07, 6.45) is 2.15. The van der Waals surface area contributed by atoms with Gasteiger partial charge in [-0.1, -0.05) is 19.1 Å². The predicted molar refractivity (Wildman–Crippen MR) is 87.3 cm³/mol. The largest absolute Gasteiger partial charge is 0.325 e. The molecule has 1 aromatic rings. The van der Waals surface area contributed by atoms with E-state index in [1.807, 2.05) is 29.2 Å². The lowest BCUT2D eigenvalue weighted by atomic mass is 10.1. The van der Waals surface area contributed by atoms with Gasteiger partial charge in [0.05, 0.1) is 12.8 Å². The highest BCUT2D eigenvalue weighted by Gasteiger charge is 2.24. The van der Waals surface area contributed by atoms with Gasteiger partial charge in [0.2, 0.25) is 15.9 Å². The number of hydrogen-bond acceptors (Lipinski definition) is 4. The van der Waals surface area contributed by atoms with Crippen LogP contribution in [0.1, 0.15) is 12.5 Å². The summed E-state index contributed by atoms with van der Waals surface area (Å²) >= 11 is 0. The molecular formula is C15H23N3O3S. The Morgan fingerprint density at radius 1 is 1.23 bits per heavy atom. The fourth-order valence-corrected chi connectivity index (χ4v) is 3.32. The zero-order chi connectivity index (χ0) is 16.2. The van der Waals surface area contributed by atoms with Crippen molar-refractivity contribution in [2.45, 2.75) is 13.3 Å². The molecule has 7 heteroatoms. The Kier molecular flexibility index (Phi) is 5.55. The Hall–Kier alpha value is -1.44. The van der Waals surface area contributed by atoms with Gasteiger partial charge in [0.1, 0.15) is 0 Å². The highest BCUT2D eigenvalue weighted by atomic mass is 32.2. The number of benzene rings is 1. The lowest BCUT2D eigenvalue weighted by Gasteiger charge is -2.32. The maximum atomic E-state index is 12.1. The molecule has 2 rings (SSSR count). The van der Waals surface area contributed by atoms with Crippen molar-refractivity contribution >= 4 is 21.6 Å². The first kappa shape index (κ1) is 16.9. The average Bonchev–Trinajstić information content (AvgIpc) is 2.47. The van der Waals surface area contributed by atoms with Crippen LogP contribution in [0.5, 0.6) is 0 Å². The van der Waals surface area contributed by atoms with Crippen LogP contribution in [0.2, 0.25) is 0 Å². The van der Waals surface area contributed by atoms with Gasteiger partial charge < -0.3 is 5.32 Å². The highest BCUT2D eigenvalue weighted by Crippen LogP contribution is 2.11. The Morgan fingerprint density at radius 3 is 2.50 bits per heavy atom. The minimum atomic E-state index is -3.13. The lowest BCUT2D eigenvalue weighted by molar-refractivity contribution is -0.117. The van der Waals surface area contributed by atoms with Crippen molar-refractivity contribution in [3.05, 3.63) is 29.8 Å². The van der Waals surface area contributed by atoms with E-state index in [2.05, 4.69) is 12.2 Å². The molecule has 0 bridgehead atoms. The number of nitrogens with one attached hydrogen (secondary N) is 1. The number of carbonyl (C=O) groups is 1. The van der Waals surface area contributed by atoms with E-state index < -0.39 is 10.0 Å². The van der Waals surface area contributed by atoms with E-state index >= 15 is 0 Å². The minimum Gasteiger partial charge on any atom is -0.325 e. The first-order chi connectivity index (χ1) is 10.4. The molecule has 0 radical (unpaired) electrons. The van der Waals surface area contributed by atoms with Crippen LogP contribution in [-0.2, 0) is 21.2 Å². The van der Waals surface area contributed by atoms with Crippen LogP contribution in [0.3, 0.4) is 0 Å². The Labute approximate surface area is 132 Å². The lowest BCUT2D eigenvalue weighted by Crippen LogP contribution is -2.50. The van der Waals surface area contributed by atoms with Crippen LogP contribution in [0.25, 0.3) is 0 Å². The molecular weight excluding hydrogens is 302 g/mol. The summed E-state index contributed by atoms with van der Waals surface area (Å²) in [5.41, 5.74) is 1.98. The van der Waals surface area contributed by atoms with E-state index in [4.69, 9.17) is 0 Å². The molecule has 1 fully saturated rings. The molecule has 0 spiro atoms. The van der Waals surface area contributed by atoms with Crippen molar-refractivity contribution in [1.29, 1.82) is 0 Å². The monoisotopic (exact) mass is 325 g/mol. The maximum absolute atomic E-state index is 12.1. The zero-order valence-electron chi connectivity index (χ0n) is 13.1. The number of carbonyl (C=O) groups excluding carboxylic acids is 1. The van der Waals surface area contributed by atoms with E-state index in [0.29, 0.717) is 26.2 Å². The van der Waals surface area contributed by atoms with Gasteiger partial charge in [0, 0.05) is 31.9 Å². The number of piperazine rings is 1. The van der Waals surface area contributed by atoms with Crippen LogP contribution in [0.15, 0.2) is 24.3 Å². The third-order valence-electron chi connectivity index (χ3n) is 3.79. The summed E-state index contributed by atoms with van der Waals surface area (Å²) in [5.74, 6) is -0.0685. The summed E-state index contributed by atoms with van der Waals surface area (Å²) in [4.78, 5) is 14.0. The van der Waals surface area contributed by atoms with Gasteiger partial charge in [-0.3, -0.25) is 9.69 Å². The van der Waals surface area contributed by atoms with Gasteiger partial charge in [-0.2, -0.15) is 4.31 Å². The van der Waals surface area contributed by atoms with Gasteiger partial charge in [0.15, 0.2) is 0 Å². The average molecular weight is 325 g/mol. The third-order valence-corrected chi connectivity index (χ3v) is 5.09. The quantitative estimate of drug-likeness (QED) is 0.868. The number of hydrogen-bond donors (Lipinski definition) is 1. The Bertz CT molecular complexity index is 623. The van der Waals surface area contributed by atoms with Crippen LogP contribution < -0.4 is 5.32 Å². The SMILES string of the molecule is CCc1cccc(NC(=O)CN2CCN(S(C)(=O)=O)CC2)c1. The fraction of sp³-hybridized carbons (Fsp3) is 0.533. The predicted octanol–water partition coefficient (Wildman–Crippen LogP) is 0.765. The third kappa shape index (κ3) is 4.79. The van der Waals surface area contributed by atoms with Crippen molar-refractivity contribution in [3.63, 3.8) is 0 Å². The van der Waals surface area contributed by atoms with Crippen molar-refractivity contribution in [1.82, 2.24) is 9.21 Å². The number of amides is 1. The molecule has 122 valence electrons. The first-order valence-electron chi connectivity index (χ1n) is 7.44. The van der Waals surface area contributed by atoms with Crippen LogP contribution in [0, 0.1) is 0 Å². The van der Waals surface area contributed by atoms with Gasteiger partial charge in [-0.15, -0.1) is 0 Å². The second kappa shape index (κ2) is 7.21. The van der Waals surface area contributed by atoms with Crippen molar-refractivity contribution in [3.8, 4) is 0 Å². The molecule has 1 amide bonds. The van der Waals surface area contributed by atoms with E-state index in [-0.39, 0.29) is 12.5 Å². The maximum Gasteiger partial charge on any atom is 0.238 e. The second-order valence-electron chi connectivity index (χ2n) is 5.54. The number of rotatable bonds is 5. The van der Waals surface area contributed by atoms with Crippen LogP contribution >= 0.6 is 0 Å². The highest BCUT2D eigenvalue weighted by molar-refractivity contribution is 7.88. The first-order valence-corrected chi connectivity index (χ1v) is 9.29. The Morgan fingerprint density at radius 2 is 1.91 bits per heavy atom. The normalized spacial score (nSPS) is 17.4. The molecule has 22 heavy (non-hydrogen) atoms. The summed E-state index contributed by atoms with van der Waals surface area (Å²) in [6, 6.07) is 7.80. The molecule has 0 unspecified atom stereocenters. The van der Waals surface area contributed by atoms with Crippen molar-refractivity contribution < 1.29 is 13.2 Å². The number of anilines is 1. The summed E-state index contributed by atoms with van der Waals surface area (Å²) in [6.45, 7) is 4.40. The molecule has 1 saturated heterocycles. The van der Waals surface area contributed by atoms with Crippen LogP contribution in [-0.4, -0.2) is 62.5 Å². The zero-order valence-corrected chi connectivity index (χ0v) is 13.9. The molecule has 0 aromatic heterocycles. The second-order valence-corrected chi connectivity index (χ2v) is 7.52. The molecule has 1 aliphatic rings. The van der Waals surface area contributed by atoms with Gasteiger partial charge in [0.25, 0.3) is 0 Å². The molecule has 1 N–H and O–H groups in total. The number of sulfonamides is 1. The van der Waals surface area contributed by atoms with Crippen LogP contribution in [0.4, 0.5) is 5.69 Å². The van der Waals surface area contributed by atoms with E-state index in [1.165, 1.54) is 16.1 Å². The molecule has 0 saturated carbocycles.